The van der Waals surface area contributed by atoms with Crippen molar-refractivity contribution < 1.29 is 19.1 Å². The molecule has 0 saturated heterocycles. The van der Waals surface area contributed by atoms with Crippen molar-refractivity contribution in [2.75, 3.05) is 12.4 Å². The standard InChI is InChI=1S/C21H18N2O4/c1-27-21(26)17-7-14(8-18-19(17)13(11-24)10-22-18)23-20(25)16-9-15(16)12-5-3-2-4-6-12/h2-8,10-11,15-16,22H,9H2,1H3,(H,23,25). The molecule has 2 N–H and O–H groups in total. The van der Waals surface area contributed by atoms with Crippen molar-refractivity contribution in [2.45, 2.75) is 12.3 Å². The van der Waals surface area contributed by atoms with Crippen LogP contribution in [0.25, 0.3) is 10.9 Å². The topological polar surface area (TPSA) is 88.3 Å². The fraction of sp³-hybridized carbons (Fsp3) is 0.190. The molecule has 27 heavy (non-hydrogen) atoms. The van der Waals surface area contributed by atoms with Crippen LogP contribution in [0, 0.1) is 5.92 Å². The number of benzene rings is 2. The van der Waals surface area contributed by atoms with Gasteiger partial charge in [0, 0.05) is 34.3 Å². The highest BCUT2D eigenvalue weighted by Gasteiger charge is 2.43. The number of rotatable bonds is 5. The van der Waals surface area contributed by atoms with Crippen LogP contribution in [0.4, 0.5) is 5.69 Å². The Balaban J connectivity index is 1.60. The lowest BCUT2D eigenvalue weighted by Crippen LogP contribution is -2.15. The molecular weight excluding hydrogens is 344 g/mol. The van der Waals surface area contributed by atoms with Crippen LogP contribution in [0.5, 0.6) is 0 Å². The first-order valence-electron chi connectivity index (χ1n) is 8.66. The van der Waals surface area contributed by atoms with E-state index >= 15 is 0 Å². The van der Waals surface area contributed by atoms with E-state index in [1.807, 2.05) is 30.3 Å². The lowest BCUT2D eigenvalue weighted by molar-refractivity contribution is -0.117. The van der Waals surface area contributed by atoms with E-state index in [0.29, 0.717) is 28.4 Å². The maximum Gasteiger partial charge on any atom is 0.338 e. The summed E-state index contributed by atoms with van der Waals surface area (Å²) in [6.07, 6.45) is 3.01. The van der Waals surface area contributed by atoms with Crippen LogP contribution >= 0.6 is 0 Å². The van der Waals surface area contributed by atoms with Crippen LogP contribution in [-0.2, 0) is 9.53 Å². The largest absolute Gasteiger partial charge is 0.465 e. The molecule has 1 aliphatic rings. The highest BCUT2D eigenvalue weighted by molar-refractivity contribution is 6.12. The third-order valence-corrected chi connectivity index (χ3v) is 4.96. The summed E-state index contributed by atoms with van der Waals surface area (Å²) in [5, 5.41) is 3.38. The number of nitrogens with one attached hydrogen (secondary N) is 2. The Bertz CT molecular complexity index is 1040. The van der Waals surface area contributed by atoms with Gasteiger partial charge in [-0.25, -0.2) is 4.79 Å². The number of anilines is 1. The molecule has 1 aromatic heterocycles. The van der Waals surface area contributed by atoms with E-state index < -0.39 is 5.97 Å². The molecule has 0 bridgehead atoms. The van der Waals surface area contributed by atoms with Crippen LogP contribution in [0.1, 0.15) is 38.6 Å². The SMILES string of the molecule is COC(=O)c1cc(NC(=O)C2CC2c2ccccc2)cc2[nH]cc(C=O)c12. The molecule has 0 aliphatic heterocycles. The van der Waals surface area contributed by atoms with Crippen molar-refractivity contribution in [3.8, 4) is 0 Å². The van der Waals surface area contributed by atoms with E-state index in [1.165, 1.54) is 13.3 Å². The summed E-state index contributed by atoms with van der Waals surface area (Å²) in [6.45, 7) is 0. The number of ether oxygens (including phenoxy) is 1. The Hall–Kier alpha value is -3.41. The van der Waals surface area contributed by atoms with Gasteiger partial charge in [-0.1, -0.05) is 30.3 Å². The van der Waals surface area contributed by atoms with Gasteiger partial charge in [0.2, 0.25) is 5.91 Å². The van der Waals surface area contributed by atoms with Crippen molar-refractivity contribution in [1.29, 1.82) is 0 Å². The maximum absolute atomic E-state index is 12.6. The van der Waals surface area contributed by atoms with E-state index in [9.17, 15) is 14.4 Å². The molecule has 0 radical (unpaired) electrons. The normalized spacial score (nSPS) is 18.1. The lowest BCUT2D eigenvalue weighted by atomic mass is 10.1. The molecule has 0 spiro atoms. The van der Waals surface area contributed by atoms with E-state index in [0.717, 1.165) is 12.0 Å². The quantitative estimate of drug-likeness (QED) is 0.537. The molecule has 2 aromatic carbocycles. The van der Waals surface area contributed by atoms with Gasteiger partial charge < -0.3 is 15.0 Å². The first-order chi connectivity index (χ1) is 13.1. The van der Waals surface area contributed by atoms with E-state index in [-0.39, 0.29) is 23.3 Å². The maximum atomic E-state index is 12.6. The lowest BCUT2D eigenvalue weighted by Gasteiger charge is -2.09. The summed E-state index contributed by atoms with van der Waals surface area (Å²) in [7, 11) is 1.28. The van der Waals surface area contributed by atoms with Gasteiger partial charge in [0.05, 0.1) is 12.7 Å². The van der Waals surface area contributed by atoms with Crippen LogP contribution in [0.15, 0.2) is 48.7 Å². The molecule has 1 fully saturated rings. The van der Waals surface area contributed by atoms with Crippen LogP contribution < -0.4 is 5.32 Å². The number of carbonyl (C=O) groups is 3. The predicted octanol–water partition coefficient (Wildman–Crippen LogP) is 3.51. The molecular formula is C21H18N2O4. The first-order valence-corrected chi connectivity index (χ1v) is 8.66. The second-order valence-corrected chi connectivity index (χ2v) is 6.65. The van der Waals surface area contributed by atoms with Gasteiger partial charge >= 0.3 is 5.97 Å². The van der Waals surface area contributed by atoms with Gasteiger partial charge in [-0.2, -0.15) is 0 Å². The Morgan fingerprint density at radius 2 is 2.00 bits per heavy atom. The van der Waals surface area contributed by atoms with Crippen molar-refractivity contribution in [2.24, 2.45) is 5.92 Å². The second-order valence-electron chi connectivity index (χ2n) is 6.65. The van der Waals surface area contributed by atoms with Gasteiger partial charge in [0.15, 0.2) is 6.29 Å². The van der Waals surface area contributed by atoms with Crippen LogP contribution in [0.3, 0.4) is 0 Å². The number of esters is 1. The summed E-state index contributed by atoms with van der Waals surface area (Å²) in [5.41, 5.74) is 2.85. The Morgan fingerprint density at radius 1 is 1.22 bits per heavy atom. The third kappa shape index (κ3) is 3.10. The summed E-state index contributed by atoms with van der Waals surface area (Å²) < 4.78 is 4.83. The van der Waals surface area contributed by atoms with Gasteiger partial charge in [0.1, 0.15) is 0 Å². The molecule has 6 heteroatoms. The molecule has 2 atom stereocenters. The molecule has 2 unspecified atom stereocenters. The highest BCUT2D eigenvalue weighted by Crippen LogP contribution is 2.48. The number of aldehydes is 1. The zero-order valence-electron chi connectivity index (χ0n) is 14.7. The molecule has 4 rings (SSSR count). The number of aromatic nitrogens is 1. The van der Waals surface area contributed by atoms with E-state index in [1.54, 1.807) is 12.1 Å². The zero-order chi connectivity index (χ0) is 19.0. The molecule has 136 valence electrons. The minimum Gasteiger partial charge on any atom is -0.465 e. The minimum atomic E-state index is -0.563. The summed E-state index contributed by atoms with van der Waals surface area (Å²) >= 11 is 0. The Morgan fingerprint density at radius 3 is 2.70 bits per heavy atom. The molecule has 1 aliphatic carbocycles. The van der Waals surface area contributed by atoms with Gasteiger partial charge in [0.25, 0.3) is 0 Å². The van der Waals surface area contributed by atoms with Crippen molar-refractivity contribution in [3.05, 3.63) is 65.4 Å². The average Bonchev–Trinajstić information content (AvgIpc) is 3.40. The average molecular weight is 362 g/mol. The number of hydrogen-bond acceptors (Lipinski definition) is 4. The number of amides is 1. The number of H-pyrrole nitrogens is 1. The summed E-state index contributed by atoms with van der Waals surface area (Å²) in [4.78, 5) is 39.0. The second kappa shape index (κ2) is 6.72. The highest BCUT2D eigenvalue weighted by atomic mass is 16.5. The molecule has 1 saturated carbocycles. The predicted molar refractivity (Wildman–Crippen MR) is 101 cm³/mol. The minimum absolute atomic E-state index is 0.0822. The van der Waals surface area contributed by atoms with Gasteiger partial charge in [-0.3, -0.25) is 9.59 Å². The van der Waals surface area contributed by atoms with Gasteiger partial charge in [-0.05, 0) is 30.0 Å². The smallest absolute Gasteiger partial charge is 0.338 e. The fourth-order valence-electron chi connectivity index (χ4n) is 3.52. The Labute approximate surface area is 155 Å². The van der Waals surface area contributed by atoms with E-state index in [4.69, 9.17) is 4.74 Å². The summed E-state index contributed by atoms with van der Waals surface area (Å²) in [6, 6.07) is 13.2. The third-order valence-electron chi connectivity index (χ3n) is 4.96. The van der Waals surface area contributed by atoms with Crippen molar-refractivity contribution >= 4 is 34.8 Å². The molecule has 3 aromatic rings. The zero-order valence-corrected chi connectivity index (χ0v) is 14.7. The van der Waals surface area contributed by atoms with Crippen molar-refractivity contribution in [3.63, 3.8) is 0 Å². The first kappa shape index (κ1) is 17.0. The van der Waals surface area contributed by atoms with Crippen LogP contribution in [-0.4, -0.2) is 30.3 Å². The fourth-order valence-corrected chi connectivity index (χ4v) is 3.52. The number of methoxy groups -OCH3 is 1. The number of fused-ring (bicyclic) bond motifs is 1. The monoisotopic (exact) mass is 362 g/mol. The number of hydrogen-bond donors (Lipinski definition) is 2. The number of carbonyl (C=O) groups excluding carboxylic acids is 3. The molecule has 1 heterocycles. The van der Waals surface area contributed by atoms with Crippen LogP contribution in [0.2, 0.25) is 0 Å². The molecule has 6 nitrogen and oxygen atoms in total. The Kier molecular flexibility index (Phi) is 4.24. The summed E-state index contributed by atoms with van der Waals surface area (Å²) in [5.74, 6) is -0.505. The molecule has 1 amide bonds. The number of aromatic amines is 1. The van der Waals surface area contributed by atoms with E-state index in [2.05, 4.69) is 10.3 Å². The van der Waals surface area contributed by atoms with Crippen molar-refractivity contribution in [1.82, 2.24) is 4.98 Å². The van der Waals surface area contributed by atoms with Gasteiger partial charge in [-0.15, -0.1) is 0 Å².